The van der Waals surface area contributed by atoms with Crippen LogP contribution in [0.1, 0.15) is 25.0 Å². The minimum absolute atomic E-state index is 0.830. The molecular weight excluding hydrogens is 216 g/mol. The zero-order valence-electron chi connectivity index (χ0n) is 9.93. The summed E-state index contributed by atoms with van der Waals surface area (Å²) in [6.45, 7) is 1.29. The molecule has 0 N–H and O–H groups in total. The van der Waals surface area contributed by atoms with Crippen LogP contribution < -0.4 is 0 Å². The van der Waals surface area contributed by atoms with Gasteiger partial charge in [-0.25, -0.2) is 0 Å². The standard InChI is InChI=1S/C13H20N2S/c1-15-9-4-6-13(15)7-10-16-11-12-5-2-3-8-14-12/h2-3,5,8,13H,4,6-7,9-11H2,1H3. The van der Waals surface area contributed by atoms with Gasteiger partial charge in [-0.1, -0.05) is 6.07 Å². The van der Waals surface area contributed by atoms with Crippen LogP contribution in [0.4, 0.5) is 0 Å². The summed E-state index contributed by atoms with van der Waals surface area (Å²) in [6.07, 6.45) is 5.97. The van der Waals surface area contributed by atoms with Gasteiger partial charge in [0.2, 0.25) is 0 Å². The molecule has 1 aliphatic heterocycles. The van der Waals surface area contributed by atoms with Gasteiger partial charge in [-0.3, -0.25) is 4.98 Å². The van der Waals surface area contributed by atoms with Gasteiger partial charge in [0, 0.05) is 18.0 Å². The predicted molar refractivity (Wildman–Crippen MR) is 70.7 cm³/mol. The van der Waals surface area contributed by atoms with Crippen molar-refractivity contribution in [3.63, 3.8) is 0 Å². The lowest BCUT2D eigenvalue weighted by atomic mass is 10.2. The van der Waals surface area contributed by atoms with Crippen LogP contribution in [0.2, 0.25) is 0 Å². The largest absolute Gasteiger partial charge is 0.303 e. The molecule has 1 aromatic rings. The van der Waals surface area contributed by atoms with Crippen molar-refractivity contribution in [2.75, 3.05) is 19.3 Å². The summed E-state index contributed by atoms with van der Waals surface area (Å²) >= 11 is 2.01. The van der Waals surface area contributed by atoms with Crippen molar-refractivity contribution in [2.45, 2.75) is 31.1 Å². The molecule has 1 aliphatic rings. The first kappa shape index (κ1) is 11.9. The normalized spacial score (nSPS) is 21.4. The van der Waals surface area contributed by atoms with Crippen molar-refractivity contribution < 1.29 is 0 Å². The Morgan fingerprint density at radius 3 is 3.12 bits per heavy atom. The van der Waals surface area contributed by atoms with Crippen molar-refractivity contribution in [1.82, 2.24) is 9.88 Å². The first-order valence-electron chi connectivity index (χ1n) is 6.04. The first-order chi connectivity index (χ1) is 7.86. The van der Waals surface area contributed by atoms with E-state index in [1.165, 1.54) is 37.3 Å². The Balaban J connectivity index is 1.62. The van der Waals surface area contributed by atoms with E-state index in [2.05, 4.69) is 29.1 Å². The highest BCUT2D eigenvalue weighted by atomic mass is 32.2. The summed E-state index contributed by atoms with van der Waals surface area (Å²) in [4.78, 5) is 6.83. The van der Waals surface area contributed by atoms with Crippen LogP contribution in [0.15, 0.2) is 24.4 Å². The van der Waals surface area contributed by atoms with E-state index in [-0.39, 0.29) is 0 Å². The fraction of sp³-hybridized carbons (Fsp3) is 0.615. The summed E-state index contributed by atoms with van der Waals surface area (Å²) in [6, 6.07) is 6.97. The topological polar surface area (TPSA) is 16.1 Å². The maximum absolute atomic E-state index is 4.33. The molecule has 16 heavy (non-hydrogen) atoms. The highest BCUT2D eigenvalue weighted by Gasteiger charge is 2.19. The number of nitrogens with zero attached hydrogens (tertiary/aromatic N) is 2. The molecular formula is C13H20N2S. The molecule has 88 valence electrons. The minimum Gasteiger partial charge on any atom is -0.303 e. The molecule has 1 fully saturated rings. The van der Waals surface area contributed by atoms with E-state index in [4.69, 9.17) is 0 Å². The molecule has 3 heteroatoms. The number of aromatic nitrogens is 1. The molecule has 1 saturated heterocycles. The van der Waals surface area contributed by atoms with Gasteiger partial charge in [-0.2, -0.15) is 11.8 Å². The molecule has 1 unspecified atom stereocenters. The monoisotopic (exact) mass is 236 g/mol. The van der Waals surface area contributed by atoms with Gasteiger partial charge in [0.05, 0.1) is 5.69 Å². The number of hydrogen-bond acceptors (Lipinski definition) is 3. The fourth-order valence-corrected chi connectivity index (χ4v) is 3.19. The molecule has 0 aliphatic carbocycles. The number of rotatable bonds is 5. The van der Waals surface area contributed by atoms with Crippen LogP contribution in [0, 0.1) is 0 Å². The van der Waals surface area contributed by atoms with Gasteiger partial charge < -0.3 is 4.90 Å². The molecule has 0 saturated carbocycles. The van der Waals surface area contributed by atoms with Crippen molar-refractivity contribution >= 4 is 11.8 Å². The second-order valence-electron chi connectivity index (χ2n) is 4.44. The Morgan fingerprint density at radius 1 is 1.50 bits per heavy atom. The Labute approximate surface area is 102 Å². The Bertz CT molecular complexity index is 302. The van der Waals surface area contributed by atoms with Crippen molar-refractivity contribution in [3.8, 4) is 0 Å². The average Bonchev–Trinajstić information content (AvgIpc) is 2.72. The first-order valence-corrected chi connectivity index (χ1v) is 7.19. The van der Waals surface area contributed by atoms with Gasteiger partial charge in [-0.05, 0) is 50.7 Å². The maximum Gasteiger partial charge on any atom is 0.0502 e. The Morgan fingerprint density at radius 2 is 2.44 bits per heavy atom. The summed E-state index contributed by atoms with van der Waals surface area (Å²) in [5.74, 6) is 2.31. The fourth-order valence-electron chi connectivity index (χ4n) is 2.22. The summed E-state index contributed by atoms with van der Waals surface area (Å²) < 4.78 is 0. The second kappa shape index (κ2) is 6.26. The lowest BCUT2D eigenvalue weighted by Gasteiger charge is -2.18. The lowest BCUT2D eigenvalue weighted by molar-refractivity contribution is 0.305. The maximum atomic E-state index is 4.33. The molecule has 0 spiro atoms. The van der Waals surface area contributed by atoms with E-state index in [1.807, 2.05) is 24.0 Å². The molecule has 2 nitrogen and oxygen atoms in total. The van der Waals surface area contributed by atoms with E-state index >= 15 is 0 Å². The van der Waals surface area contributed by atoms with E-state index < -0.39 is 0 Å². The highest BCUT2D eigenvalue weighted by molar-refractivity contribution is 7.98. The van der Waals surface area contributed by atoms with E-state index in [1.54, 1.807) is 0 Å². The zero-order chi connectivity index (χ0) is 11.2. The quantitative estimate of drug-likeness (QED) is 0.731. The van der Waals surface area contributed by atoms with Crippen LogP contribution in [0.3, 0.4) is 0 Å². The van der Waals surface area contributed by atoms with Crippen LogP contribution in [0.25, 0.3) is 0 Å². The number of thioether (sulfide) groups is 1. The van der Waals surface area contributed by atoms with Crippen molar-refractivity contribution in [1.29, 1.82) is 0 Å². The number of pyridine rings is 1. The van der Waals surface area contributed by atoms with Crippen molar-refractivity contribution in [3.05, 3.63) is 30.1 Å². The number of hydrogen-bond donors (Lipinski definition) is 0. The van der Waals surface area contributed by atoms with Gasteiger partial charge in [0.15, 0.2) is 0 Å². The van der Waals surface area contributed by atoms with Crippen LogP contribution in [-0.2, 0) is 5.75 Å². The molecule has 1 aromatic heterocycles. The van der Waals surface area contributed by atoms with Gasteiger partial charge in [-0.15, -0.1) is 0 Å². The third-order valence-electron chi connectivity index (χ3n) is 3.24. The second-order valence-corrected chi connectivity index (χ2v) is 5.54. The highest BCUT2D eigenvalue weighted by Crippen LogP contribution is 2.20. The predicted octanol–water partition coefficient (Wildman–Crippen LogP) is 2.80. The molecule has 0 bridgehead atoms. The summed E-state index contributed by atoms with van der Waals surface area (Å²) in [5.41, 5.74) is 1.20. The van der Waals surface area contributed by atoms with Gasteiger partial charge in [0.1, 0.15) is 0 Å². The van der Waals surface area contributed by atoms with Crippen LogP contribution >= 0.6 is 11.8 Å². The van der Waals surface area contributed by atoms with Crippen LogP contribution in [-0.4, -0.2) is 35.3 Å². The average molecular weight is 236 g/mol. The minimum atomic E-state index is 0.830. The zero-order valence-corrected chi connectivity index (χ0v) is 10.7. The summed E-state index contributed by atoms with van der Waals surface area (Å²) in [5, 5.41) is 0. The third kappa shape index (κ3) is 3.49. The Kier molecular flexibility index (Phi) is 4.67. The van der Waals surface area contributed by atoms with E-state index in [0.717, 1.165) is 11.8 Å². The molecule has 0 amide bonds. The molecule has 0 aromatic carbocycles. The SMILES string of the molecule is CN1CCCC1CCSCc1ccccn1. The molecule has 2 heterocycles. The van der Waals surface area contributed by atoms with Crippen LogP contribution in [0.5, 0.6) is 0 Å². The molecule has 2 rings (SSSR count). The molecule has 0 radical (unpaired) electrons. The van der Waals surface area contributed by atoms with Gasteiger partial charge >= 0.3 is 0 Å². The van der Waals surface area contributed by atoms with Crippen molar-refractivity contribution in [2.24, 2.45) is 0 Å². The Hall–Kier alpha value is -0.540. The number of likely N-dealkylation sites (tertiary alicyclic amines) is 1. The lowest BCUT2D eigenvalue weighted by Crippen LogP contribution is -2.25. The smallest absolute Gasteiger partial charge is 0.0502 e. The van der Waals surface area contributed by atoms with E-state index in [0.29, 0.717) is 0 Å². The summed E-state index contributed by atoms with van der Waals surface area (Å²) in [7, 11) is 2.25. The van der Waals surface area contributed by atoms with E-state index in [9.17, 15) is 0 Å². The molecule has 1 atom stereocenters. The third-order valence-corrected chi connectivity index (χ3v) is 4.27. The van der Waals surface area contributed by atoms with Gasteiger partial charge in [0.25, 0.3) is 0 Å².